The van der Waals surface area contributed by atoms with Crippen molar-refractivity contribution >= 4 is 0 Å². The molecule has 0 spiro atoms. The van der Waals surface area contributed by atoms with Crippen molar-refractivity contribution in [2.24, 2.45) is 0 Å². The molecule has 1 nitrogen and oxygen atoms in total. The zero-order valence-electron chi connectivity index (χ0n) is 14.0. The van der Waals surface area contributed by atoms with Crippen LogP contribution >= 0.6 is 0 Å². The molecule has 0 saturated heterocycles. The van der Waals surface area contributed by atoms with E-state index in [-0.39, 0.29) is 0 Å². The second-order valence-corrected chi connectivity index (χ2v) is 5.88. The minimum Gasteiger partial charge on any atom is -0.300 e. The van der Waals surface area contributed by atoms with E-state index in [1.807, 2.05) is 0 Å². The first kappa shape index (κ1) is 18.4. The zero-order chi connectivity index (χ0) is 14.5. The summed E-state index contributed by atoms with van der Waals surface area (Å²) >= 11 is 0. The summed E-state index contributed by atoms with van der Waals surface area (Å²) in [6, 6.07) is 0. The lowest BCUT2D eigenvalue weighted by atomic mass is 10.1. The van der Waals surface area contributed by atoms with Crippen LogP contribution in [0.4, 0.5) is 0 Å². The molecule has 1 heteroatoms. The number of allylic oxidation sites excluding steroid dienone is 3. The topological polar surface area (TPSA) is 3.24 Å². The first-order valence-electron chi connectivity index (χ1n) is 8.11. The van der Waals surface area contributed by atoms with Gasteiger partial charge in [-0.15, -0.1) is 0 Å². The largest absolute Gasteiger partial charge is 0.300 e. The summed E-state index contributed by atoms with van der Waals surface area (Å²) in [5.74, 6) is 0. The van der Waals surface area contributed by atoms with Gasteiger partial charge in [-0.3, -0.25) is 4.90 Å². The van der Waals surface area contributed by atoms with Gasteiger partial charge in [-0.25, -0.2) is 0 Å². The van der Waals surface area contributed by atoms with Crippen LogP contribution in [0.15, 0.2) is 23.3 Å². The standard InChI is InChI=1S/C18H35N/c1-6-8-14-19(15-9-7-2)16-13-18(5)12-10-11-17(3)4/h11,13H,6-10,12,14-16H2,1-5H3/b18-13-. The minimum atomic E-state index is 1.14. The molecule has 0 bridgehead atoms. The van der Waals surface area contributed by atoms with Gasteiger partial charge < -0.3 is 0 Å². The predicted octanol–water partition coefficient (Wildman–Crippen LogP) is 5.58. The van der Waals surface area contributed by atoms with Gasteiger partial charge in [-0.2, -0.15) is 0 Å². The average Bonchev–Trinajstić information content (AvgIpc) is 2.37. The lowest BCUT2D eigenvalue weighted by molar-refractivity contribution is 0.292. The molecule has 0 saturated carbocycles. The van der Waals surface area contributed by atoms with Crippen LogP contribution in [0.2, 0.25) is 0 Å². The van der Waals surface area contributed by atoms with E-state index < -0.39 is 0 Å². The van der Waals surface area contributed by atoms with Crippen LogP contribution in [0.1, 0.15) is 73.1 Å². The Hall–Kier alpha value is -0.560. The summed E-state index contributed by atoms with van der Waals surface area (Å²) in [5.41, 5.74) is 2.97. The van der Waals surface area contributed by atoms with Crippen molar-refractivity contribution < 1.29 is 0 Å². The highest BCUT2D eigenvalue weighted by Crippen LogP contribution is 2.08. The smallest absolute Gasteiger partial charge is 0.0165 e. The Morgan fingerprint density at radius 3 is 1.95 bits per heavy atom. The molecule has 0 N–H and O–H groups in total. The molecule has 0 unspecified atom stereocenters. The fourth-order valence-corrected chi connectivity index (χ4v) is 2.03. The number of nitrogens with zero attached hydrogens (tertiary/aromatic N) is 1. The van der Waals surface area contributed by atoms with Gasteiger partial charge in [0.25, 0.3) is 0 Å². The first-order chi connectivity index (χ1) is 9.10. The Kier molecular flexibility index (Phi) is 12.1. The van der Waals surface area contributed by atoms with Crippen molar-refractivity contribution in [2.45, 2.75) is 73.1 Å². The van der Waals surface area contributed by atoms with Crippen LogP contribution in [-0.2, 0) is 0 Å². The van der Waals surface area contributed by atoms with Crippen LogP contribution in [0, 0.1) is 0 Å². The Morgan fingerprint density at radius 1 is 0.895 bits per heavy atom. The van der Waals surface area contributed by atoms with E-state index in [1.54, 1.807) is 0 Å². The third-order valence-corrected chi connectivity index (χ3v) is 3.44. The van der Waals surface area contributed by atoms with E-state index in [0.29, 0.717) is 0 Å². The van der Waals surface area contributed by atoms with Crippen molar-refractivity contribution in [3.05, 3.63) is 23.3 Å². The van der Waals surface area contributed by atoms with Crippen molar-refractivity contribution in [3.8, 4) is 0 Å². The lowest BCUT2D eigenvalue weighted by Crippen LogP contribution is -2.26. The van der Waals surface area contributed by atoms with E-state index in [1.165, 1.54) is 62.8 Å². The normalized spacial score (nSPS) is 12.0. The Morgan fingerprint density at radius 2 is 1.47 bits per heavy atom. The van der Waals surface area contributed by atoms with E-state index in [9.17, 15) is 0 Å². The number of hydrogen-bond acceptors (Lipinski definition) is 1. The quantitative estimate of drug-likeness (QED) is 0.441. The maximum absolute atomic E-state index is 2.61. The van der Waals surface area contributed by atoms with Gasteiger partial charge in [0.1, 0.15) is 0 Å². The SMILES string of the molecule is CCCCN(C/C=C(/C)CCC=C(C)C)CCCC. The molecule has 0 radical (unpaired) electrons. The molecule has 0 aromatic rings. The summed E-state index contributed by atoms with van der Waals surface area (Å²) in [5, 5.41) is 0. The van der Waals surface area contributed by atoms with Crippen LogP contribution in [0.5, 0.6) is 0 Å². The van der Waals surface area contributed by atoms with Gasteiger partial charge in [0, 0.05) is 6.54 Å². The minimum absolute atomic E-state index is 1.14. The van der Waals surface area contributed by atoms with Gasteiger partial charge in [0.2, 0.25) is 0 Å². The van der Waals surface area contributed by atoms with Gasteiger partial charge in [0.05, 0.1) is 0 Å². The second-order valence-electron chi connectivity index (χ2n) is 5.88. The summed E-state index contributed by atoms with van der Waals surface area (Å²) in [4.78, 5) is 2.61. The summed E-state index contributed by atoms with van der Waals surface area (Å²) in [6.07, 6.45) is 12.4. The van der Waals surface area contributed by atoms with Gasteiger partial charge >= 0.3 is 0 Å². The predicted molar refractivity (Wildman–Crippen MR) is 88.7 cm³/mol. The van der Waals surface area contributed by atoms with Gasteiger partial charge in [-0.1, -0.05) is 50.0 Å². The Labute approximate surface area is 121 Å². The summed E-state index contributed by atoms with van der Waals surface area (Å²) in [7, 11) is 0. The fraction of sp³-hybridized carbons (Fsp3) is 0.778. The molecule has 19 heavy (non-hydrogen) atoms. The molecule has 0 atom stereocenters. The third-order valence-electron chi connectivity index (χ3n) is 3.44. The average molecular weight is 265 g/mol. The number of unbranched alkanes of at least 4 members (excludes halogenated alkanes) is 2. The summed E-state index contributed by atoms with van der Waals surface area (Å²) < 4.78 is 0. The number of hydrogen-bond donors (Lipinski definition) is 0. The van der Waals surface area contributed by atoms with E-state index in [0.717, 1.165) is 6.54 Å². The van der Waals surface area contributed by atoms with Crippen molar-refractivity contribution in [3.63, 3.8) is 0 Å². The van der Waals surface area contributed by atoms with Crippen molar-refractivity contribution in [2.75, 3.05) is 19.6 Å². The first-order valence-corrected chi connectivity index (χ1v) is 8.11. The fourth-order valence-electron chi connectivity index (χ4n) is 2.03. The van der Waals surface area contributed by atoms with Crippen LogP contribution in [0.25, 0.3) is 0 Å². The van der Waals surface area contributed by atoms with Crippen molar-refractivity contribution in [1.82, 2.24) is 4.90 Å². The molecule has 0 aromatic heterocycles. The van der Waals surface area contributed by atoms with Crippen LogP contribution in [-0.4, -0.2) is 24.5 Å². The molecule has 0 fully saturated rings. The molecular weight excluding hydrogens is 230 g/mol. The zero-order valence-corrected chi connectivity index (χ0v) is 14.0. The highest BCUT2D eigenvalue weighted by molar-refractivity contribution is 5.03. The molecule has 112 valence electrons. The molecule has 0 amide bonds. The van der Waals surface area contributed by atoms with Gasteiger partial charge in [-0.05, 0) is 59.5 Å². The van der Waals surface area contributed by atoms with E-state index in [4.69, 9.17) is 0 Å². The summed E-state index contributed by atoms with van der Waals surface area (Å²) in [6.45, 7) is 14.8. The molecule has 0 aliphatic rings. The highest BCUT2D eigenvalue weighted by atomic mass is 15.1. The highest BCUT2D eigenvalue weighted by Gasteiger charge is 2.01. The molecule has 0 heterocycles. The Bertz CT molecular complexity index is 251. The Balaban J connectivity index is 4.06. The molecule has 0 aliphatic heterocycles. The maximum Gasteiger partial charge on any atom is 0.0165 e. The van der Waals surface area contributed by atoms with Gasteiger partial charge in [0.15, 0.2) is 0 Å². The van der Waals surface area contributed by atoms with Crippen molar-refractivity contribution in [1.29, 1.82) is 0 Å². The number of rotatable bonds is 11. The molecular formula is C18H35N. The molecule has 0 aromatic carbocycles. The second kappa shape index (κ2) is 12.5. The lowest BCUT2D eigenvalue weighted by Gasteiger charge is -2.20. The van der Waals surface area contributed by atoms with Crippen LogP contribution < -0.4 is 0 Å². The molecule has 0 rings (SSSR count). The molecule has 0 aliphatic carbocycles. The van der Waals surface area contributed by atoms with Crippen LogP contribution in [0.3, 0.4) is 0 Å². The third kappa shape index (κ3) is 12.2. The van der Waals surface area contributed by atoms with E-state index >= 15 is 0 Å². The monoisotopic (exact) mass is 265 g/mol. The maximum atomic E-state index is 2.61. The van der Waals surface area contributed by atoms with E-state index in [2.05, 4.69) is 51.7 Å².